The first-order chi connectivity index (χ1) is 28.7. The van der Waals surface area contributed by atoms with Gasteiger partial charge in [-0.05, 0) is 81.4 Å². The van der Waals surface area contributed by atoms with Gasteiger partial charge in [-0.3, -0.25) is 0 Å². The van der Waals surface area contributed by atoms with E-state index in [2.05, 4.69) is 164 Å². The molecule has 58 heavy (non-hydrogen) atoms. The Bertz CT molecular complexity index is 3510. The topological polar surface area (TPSA) is 65.0 Å². The van der Waals surface area contributed by atoms with Gasteiger partial charge in [0.05, 0.1) is 0 Å². The molecule has 1 aliphatic carbocycles. The predicted octanol–water partition coefficient (Wildman–Crippen LogP) is 14.4. The van der Waals surface area contributed by atoms with Crippen LogP contribution in [0.5, 0.6) is 0 Å². The van der Waals surface area contributed by atoms with Crippen molar-refractivity contribution in [1.82, 2.24) is 15.0 Å². The summed E-state index contributed by atoms with van der Waals surface area (Å²) in [5.74, 6) is 1.75. The van der Waals surface area contributed by atoms with Crippen LogP contribution in [0, 0.1) is 0 Å². The summed E-state index contributed by atoms with van der Waals surface area (Å²) in [6.45, 7) is 0. The van der Waals surface area contributed by atoms with E-state index < -0.39 is 0 Å². The molecule has 5 heteroatoms. The van der Waals surface area contributed by atoms with Crippen molar-refractivity contribution in [2.45, 2.75) is 12.8 Å². The first-order valence-electron chi connectivity index (χ1n) is 19.7. The Labute approximate surface area is 333 Å². The average molecular weight is 744 g/mol. The molecule has 0 bridgehead atoms. The lowest BCUT2D eigenvalue weighted by atomic mass is 9.93. The smallest absolute Gasteiger partial charge is 0.165 e. The minimum absolute atomic E-state index is 0.558. The van der Waals surface area contributed by atoms with E-state index in [0.717, 1.165) is 101 Å². The van der Waals surface area contributed by atoms with Crippen molar-refractivity contribution in [2.75, 3.05) is 0 Å². The lowest BCUT2D eigenvalue weighted by Crippen LogP contribution is -2.02. The minimum atomic E-state index is 0.558. The summed E-state index contributed by atoms with van der Waals surface area (Å²) in [7, 11) is 0. The van der Waals surface area contributed by atoms with Gasteiger partial charge in [0.15, 0.2) is 17.5 Å². The van der Waals surface area contributed by atoms with E-state index in [-0.39, 0.29) is 0 Å². The number of aromatic nitrogens is 3. The highest BCUT2D eigenvalue weighted by atomic mass is 16.3. The van der Waals surface area contributed by atoms with Gasteiger partial charge in [0.2, 0.25) is 0 Å². The lowest BCUT2D eigenvalue weighted by Gasteiger charge is -2.14. The molecule has 0 N–H and O–H groups in total. The van der Waals surface area contributed by atoms with E-state index in [1.165, 1.54) is 16.5 Å². The van der Waals surface area contributed by atoms with Crippen LogP contribution in [0.4, 0.5) is 0 Å². The van der Waals surface area contributed by atoms with Crippen molar-refractivity contribution in [2.24, 2.45) is 0 Å². The van der Waals surface area contributed by atoms with E-state index in [1.807, 2.05) is 12.1 Å². The van der Waals surface area contributed by atoms with Crippen LogP contribution in [-0.2, 0) is 0 Å². The Kier molecular flexibility index (Phi) is 7.29. The Morgan fingerprint density at radius 3 is 1.97 bits per heavy atom. The number of hydrogen-bond acceptors (Lipinski definition) is 5. The second-order valence-electron chi connectivity index (χ2n) is 15.0. The maximum Gasteiger partial charge on any atom is 0.165 e. The number of rotatable bonds is 5. The summed E-state index contributed by atoms with van der Waals surface area (Å²) in [6.07, 6.45) is 8.64. The summed E-state index contributed by atoms with van der Waals surface area (Å²) < 4.78 is 13.4. The van der Waals surface area contributed by atoms with E-state index in [4.69, 9.17) is 23.8 Å². The largest absolute Gasteiger partial charge is 0.456 e. The Balaban J connectivity index is 1.15. The first kappa shape index (κ1) is 32.6. The van der Waals surface area contributed by atoms with Gasteiger partial charge in [-0.2, -0.15) is 0 Å². The molecular formula is C53H33N3O2. The normalized spacial score (nSPS) is 13.1. The van der Waals surface area contributed by atoms with Gasteiger partial charge in [0.1, 0.15) is 22.3 Å². The van der Waals surface area contributed by atoms with Gasteiger partial charge in [0, 0.05) is 43.8 Å². The quantitative estimate of drug-likeness (QED) is 0.176. The number of furan rings is 2. The summed E-state index contributed by atoms with van der Waals surface area (Å²) in [6, 6.07) is 54.9. The maximum absolute atomic E-state index is 6.82. The third-order valence-corrected chi connectivity index (χ3v) is 11.6. The van der Waals surface area contributed by atoms with E-state index >= 15 is 0 Å². The second kappa shape index (κ2) is 13.0. The molecule has 0 amide bonds. The fourth-order valence-corrected chi connectivity index (χ4v) is 8.80. The summed E-state index contributed by atoms with van der Waals surface area (Å²) in [4.78, 5) is 15.9. The number of hydrogen-bond donors (Lipinski definition) is 0. The Morgan fingerprint density at radius 1 is 0.431 bits per heavy atom. The zero-order chi connectivity index (χ0) is 38.2. The van der Waals surface area contributed by atoms with E-state index in [1.54, 1.807) is 0 Å². The van der Waals surface area contributed by atoms with Crippen LogP contribution in [0.2, 0.25) is 0 Å². The zero-order valence-electron chi connectivity index (χ0n) is 31.3. The fraction of sp³-hybridized carbons (Fsp3) is 0.0377. The van der Waals surface area contributed by atoms with Gasteiger partial charge in [-0.1, -0.05) is 146 Å². The van der Waals surface area contributed by atoms with Crippen LogP contribution >= 0.6 is 0 Å². The van der Waals surface area contributed by atoms with Crippen LogP contribution in [-0.4, -0.2) is 15.0 Å². The number of fused-ring (bicyclic) bond motifs is 9. The Hall–Kier alpha value is -7.63. The first-order valence-corrected chi connectivity index (χ1v) is 19.7. The molecule has 0 fully saturated rings. The SMILES string of the molecule is C1=CCCC(c2ccc(-c3nc(-c4ccc5ccccc5c4)nc(-c4c(-c5cccc6c5oc5ccc7ccccc7c56)ccc5oc6ccccc6c45)n3)cc2)=C1. The highest BCUT2D eigenvalue weighted by Gasteiger charge is 2.24. The van der Waals surface area contributed by atoms with Gasteiger partial charge in [-0.15, -0.1) is 0 Å². The summed E-state index contributed by atoms with van der Waals surface area (Å²) in [5, 5.41) is 8.72. The van der Waals surface area contributed by atoms with Crippen LogP contribution < -0.4 is 0 Å². The molecule has 0 unspecified atom stereocenters. The molecule has 3 aromatic heterocycles. The lowest BCUT2D eigenvalue weighted by molar-refractivity contribution is 0.668. The molecule has 3 heterocycles. The molecule has 272 valence electrons. The van der Waals surface area contributed by atoms with Crippen LogP contribution in [0.25, 0.3) is 116 Å². The van der Waals surface area contributed by atoms with E-state index in [0.29, 0.717) is 17.5 Å². The van der Waals surface area contributed by atoms with Crippen molar-refractivity contribution in [3.8, 4) is 45.3 Å². The third kappa shape index (κ3) is 5.21. The molecule has 0 saturated heterocycles. The third-order valence-electron chi connectivity index (χ3n) is 11.6. The molecule has 0 spiro atoms. The van der Waals surface area contributed by atoms with E-state index in [9.17, 15) is 0 Å². The zero-order valence-corrected chi connectivity index (χ0v) is 31.3. The molecule has 0 atom stereocenters. The molecule has 0 radical (unpaired) electrons. The highest BCUT2D eigenvalue weighted by Crippen LogP contribution is 2.46. The number of allylic oxidation sites excluding steroid dienone is 4. The molecule has 11 aromatic rings. The standard InChI is InChI=1S/C53H33N3O2/c1-2-11-32(12-3-1)34-21-24-36(25-22-34)51-54-52(38-26-23-33-13-4-5-15-37(33)31-38)56-53(55-51)49-40(28-30-46-48(49)42-17-8-9-20-44(42)57-46)41-18-10-19-43-47-39-16-7-6-14-35(39)27-29-45(47)58-50(41)43/h1-2,4-11,13-31H,3,12H2. The summed E-state index contributed by atoms with van der Waals surface area (Å²) >= 11 is 0. The monoisotopic (exact) mass is 743 g/mol. The molecule has 8 aromatic carbocycles. The van der Waals surface area contributed by atoms with Crippen molar-refractivity contribution in [3.63, 3.8) is 0 Å². The van der Waals surface area contributed by atoms with Crippen LogP contribution in [0.15, 0.2) is 185 Å². The molecule has 5 nitrogen and oxygen atoms in total. The van der Waals surface area contributed by atoms with Gasteiger partial charge >= 0.3 is 0 Å². The van der Waals surface area contributed by atoms with Crippen LogP contribution in [0.1, 0.15) is 18.4 Å². The van der Waals surface area contributed by atoms with Crippen molar-refractivity contribution in [1.29, 1.82) is 0 Å². The number of para-hydroxylation sites is 2. The molecular weight excluding hydrogens is 711 g/mol. The minimum Gasteiger partial charge on any atom is -0.456 e. The van der Waals surface area contributed by atoms with Gasteiger partial charge < -0.3 is 8.83 Å². The van der Waals surface area contributed by atoms with Gasteiger partial charge in [0.25, 0.3) is 0 Å². The predicted molar refractivity (Wildman–Crippen MR) is 237 cm³/mol. The average Bonchev–Trinajstić information content (AvgIpc) is 3.88. The second-order valence-corrected chi connectivity index (χ2v) is 15.0. The molecule has 0 aliphatic heterocycles. The number of benzene rings is 8. The molecule has 12 rings (SSSR count). The van der Waals surface area contributed by atoms with Crippen molar-refractivity contribution < 1.29 is 8.83 Å². The van der Waals surface area contributed by atoms with Gasteiger partial charge in [-0.25, -0.2) is 15.0 Å². The molecule has 0 saturated carbocycles. The van der Waals surface area contributed by atoms with Crippen LogP contribution in [0.3, 0.4) is 0 Å². The number of nitrogens with zero attached hydrogens (tertiary/aromatic N) is 3. The highest BCUT2D eigenvalue weighted by molar-refractivity contribution is 6.22. The Morgan fingerprint density at radius 2 is 1.10 bits per heavy atom. The van der Waals surface area contributed by atoms with Crippen molar-refractivity contribution >= 4 is 71.0 Å². The molecule has 1 aliphatic rings. The summed E-state index contributed by atoms with van der Waals surface area (Å²) in [5.41, 5.74) is 10.4. The fourth-order valence-electron chi connectivity index (χ4n) is 8.80. The van der Waals surface area contributed by atoms with Crippen molar-refractivity contribution in [3.05, 3.63) is 182 Å². The maximum atomic E-state index is 6.82.